The summed E-state index contributed by atoms with van der Waals surface area (Å²) >= 11 is 0. The summed E-state index contributed by atoms with van der Waals surface area (Å²) in [6, 6.07) is 0. The van der Waals surface area contributed by atoms with E-state index in [1.807, 2.05) is 13.8 Å². The van der Waals surface area contributed by atoms with Crippen LogP contribution in [-0.4, -0.2) is 19.9 Å². The molecule has 3 nitrogen and oxygen atoms in total. The summed E-state index contributed by atoms with van der Waals surface area (Å²) in [5, 5.41) is 0. The van der Waals surface area contributed by atoms with Gasteiger partial charge in [-0.15, -0.1) is 0 Å². The van der Waals surface area contributed by atoms with Crippen LogP contribution in [0.3, 0.4) is 0 Å². The molecule has 0 aromatic rings. The highest BCUT2D eigenvalue weighted by molar-refractivity contribution is 4.40. The van der Waals surface area contributed by atoms with Crippen molar-refractivity contribution >= 4 is 0 Å². The van der Waals surface area contributed by atoms with Gasteiger partial charge in [-0.2, -0.15) is 0 Å². The maximum atomic E-state index is 4.90. The standard InChI is InChI=1S/C3H8N2O.C2H6/c1-2-6-3-5-4-1;1-2/h4-5H,1-3H2;1-2H3. The van der Waals surface area contributed by atoms with E-state index in [0.29, 0.717) is 6.73 Å². The Labute approximate surface area is 50.4 Å². The number of rotatable bonds is 0. The van der Waals surface area contributed by atoms with Crippen molar-refractivity contribution in [3.8, 4) is 0 Å². The molecule has 1 aliphatic rings. The summed E-state index contributed by atoms with van der Waals surface area (Å²) in [6.07, 6.45) is 0. The number of hydrogen-bond acceptors (Lipinski definition) is 3. The van der Waals surface area contributed by atoms with Gasteiger partial charge in [0.2, 0.25) is 0 Å². The van der Waals surface area contributed by atoms with Gasteiger partial charge >= 0.3 is 0 Å². The molecular formula is C5H14N2O. The van der Waals surface area contributed by atoms with Crippen LogP contribution in [-0.2, 0) is 4.74 Å². The molecule has 1 rings (SSSR count). The zero-order valence-corrected chi connectivity index (χ0v) is 5.53. The van der Waals surface area contributed by atoms with Crippen LogP contribution >= 0.6 is 0 Å². The zero-order chi connectivity index (χ0) is 6.24. The fourth-order valence-electron chi connectivity index (χ4n) is 0.386. The molecule has 0 amide bonds. The first-order chi connectivity index (χ1) is 4.00. The van der Waals surface area contributed by atoms with Gasteiger partial charge in [0.15, 0.2) is 0 Å². The molecule has 1 heterocycles. The van der Waals surface area contributed by atoms with Gasteiger partial charge in [-0.1, -0.05) is 13.8 Å². The molecular weight excluding hydrogens is 104 g/mol. The Morgan fingerprint density at radius 3 is 2.12 bits per heavy atom. The molecule has 0 aromatic heterocycles. The monoisotopic (exact) mass is 118 g/mol. The summed E-state index contributed by atoms with van der Waals surface area (Å²) in [4.78, 5) is 0. The summed E-state index contributed by atoms with van der Waals surface area (Å²) in [5.74, 6) is 0. The number of ether oxygens (including phenoxy) is 1. The van der Waals surface area contributed by atoms with Gasteiger partial charge in [-0.25, -0.2) is 5.43 Å². The number of hydrazine groups is 1. The quantitative estimate of drug-likeness (QED) is 0.473. The van der Waals surface area contributed by atoms with Crippen molar-refractivity contribution in [3.63, 3.8) is 0 Å². The fraction of sp³-hybridized carbons (Fsp3) is 1.00. The second-order valence-electron chi connectivity index (χ2n) is 1.16. The lowest BCUT2D eigenvalue weighted by molar-refractivity contribution is 0.0704. The van der Waals surface area contributed by atoms with E-state index in [2.05, 4.69) is 10.9 Å². The van der Waals surface area contributed by atoms with Crippen molar-refractivity contribution in [2.45, 2.75) is 13.8 Å². The van der Waals surface area contributed by atoms with Crippen molar-refractivity contribution in [2.75, 3.05) is 19.9 Å². The highest BCUT2D eigenvalue weighted by atomic mass is 16.5. The van der Waals surface area contributed by atoms with E-state index in [0.717, 1.165) is 13.2 Å². The van der Waals surface area contributed by atoms with Crippen LogP contribution in [0.5, 0.6) is 0 Å². The molecule has 0 unspecified atom stereocenters. The second-order valence-corrected chi connectivity index (χ2v) is 1.16. The van der Waals surface area contributed by atoms with E-state index < -0.39 is 0 Å². The molecule has 0 spiro atoms. The molecule has 0 atom stereocenters. The molecule has 2 N–H and O–H groups in total. The van der Waals surface area contributed by atoms with E-state index in [-0.39, 0.29) is 0 Å². The first-order valence-electron chi connectivity index (χ1n) is 3.03. The van der Waals surface area contributed by atoms with Crippen LogP contribution < -0.4 is 10.9 Å². The maximum absolute atomic E-state index is 4.90. The van der Waals surface area contributed by atoms with E-state index in [9.17, 15) is 0 Å². The van der Waals surface area contributed by atoms with Crippen LogP contribution in [0.15, 0.2) is 0 Å². The minimum atomic E-state index is 0.639. The largest absolute Gasteiger partial charge is 0.364 e. The van der Waals surface area contributed by atoms with E-state index in [4.69, 9.17) is 4.74 Å². The van der Waals surface area contributed by atoms with Gasteiger partial charge in [0, 0.05) is 6.54 Å². The van der Waals surface area contributed by atoms with Crippen LogP contribution in [0, 0.1) is 0 Å². The third kappa shape index (κ3) is 4.05. The predicted octanol–water partition coefficient (Wildman–Crippen LogP) is 0.0945. The average molecular weight is 118 g/mol. The Balaban J connectivity index is 0.000000222. The fourth-order valence-corrected chi connectivity index (χ4v) is 0.386. The summed E-state index contributed by atoms with van der Waals surface area (Å²) in [6.45, 7) is 6.38. The highest BCUT2D eigenvalue weighted by Crippen LogP contribution is 1.70. The summed E-state index contributed by atoms with van der Waals surface area (Å²) < 4.78 is 4.90. The van der Waals surface area contributed by atoms with E-state index in [1.54, 1.807) is 0 Å². The Bertz CT molecular complexity index is 25.9. The highest BCUT2D eigenvalue weighted by Gasteiger charge is 1.91. The SMILES string of the molecule is C1COCNN1.CC. The Morgan fingerprint density at radius 2 is 2.00 bits per heavy atom. The third-order valence-electron chi connectivity index (χ3n) is 0.671. The lowest BCUT2D eigenvalue weighted by Gasteiger charge is -2.12. The average Bonchev–Trinajstić information content (AvgIpc) is 1.96. The first-order valence-corrected chi connectivity index (χ1v) is 3.03. The predicted molar refractivity (Wildman–Crippen MR) is 33.3 cm³/mol. The van der Waals surface area contributed by atoms with Crippen molar-refractivity contribution < 1.29 is 4.74 Å². The Hall–Kier alpha value is -0.120. The molecule has 1 fully saturated rings. The van der Waals surface area contributed by atoms with Crippen molar-refractivity contribution in [1.29, 1.82) is 0 Å². The summed E-state index contributed by atoms with van der Waals surface area (Å²) in [7, 11) is 0. The van der Waals surface area contributed by atoms with Crippen LogP contribution in [0.1, 0.15) is 13.8 Å². The van der Waals surface area contributed by atoms with Gasteiger partial charge in [0.25, 0.3) is 0 Å². The number of hydrogen-bond donors (Lipinski definition) is 2. The molecule has 50 valence electrons. The van der Waals surface area contributed by atoms with Gasteiger partial charge in [-0.05, 0) is 0 Å². The lowest BCUT2D eigenvalue weighted by Crippen LogP contribution is -2.41. The molecule has 3 heteroatoms. The maximum Gasteiger partial charge on any atom is 0.109 e. The van der Waals surface area contributed by atoms with E-state index in [1.165, 1.54) is 0 Å². The second kappa shape index (κ2) is 6.88. The Morgan fingerprint density at radius 1 is 1.25 bits per heavy atom. The Kier molecular flexibility index (Phi) is 6.78. The minimum Gasteiger partial charge on any atom is -0.364 e. The van der Waals surface area contributed by atoms with Crippen molar-refractivity contribution in [3.05, 3.63) is 0 Å². The smallest absolute Gasteiger partial charge is 0.109 e. The van der Waals surface area contributed by atoms with Gasteiger partial charge in [0.1, 0.15) is 6.73 Å². The molecule has 0 bridgehead atoms. The molecule has 0 saturated carbocycles. The normalized spacial score (nSPS) is 18.8. The minimum absolute atomic E-state index is 0.639. The van der Waals surface area contributed by atoms with Crippen molar-refractivity contribution in [1.82, 2.24) is 10.9 Å². The first kappa shape index (κ1) is 7.88. The summed E-state index contributed by atoms with van der Waals surface area (Å²) in [5.41, 5.74) is 5.72. The molecule has 1 saturated heterocycles. The van der Waals surface area contributed by atoms with Gasteiger partial charge in [0.05, 0.1) is 6.61 Å². The number of nitrogens with one attached hydrogen (secondary N) is 2. The molecule has 0 aromatic carbocycles. The van der Waals surface area contributed by atoms with Crippen molar-refractivity contribution in [2.24, 2.45) is 0 Å². The molecule has 8 heavy (non-hydrogen) atoms. The zero-order valence-electron chi connectivity index (χ0n) is 5.53. The molecule has 0 aliphatic carbocycles. The molecule has 0 radical (unpaired) electrons. The van der Waals surface area contributed by atoms with Crippen LogP contribution in [0.25, 0.3) is 0 Å². The van der Waals surface area contributed by atoms with Gasteiger partial charge < -0.3 is 4.74 Å². The van der Waals surface area contributed by atoms with Crippen LogP contribution in [0.4, 0.5) is 0 Å². The molecule has 1 aliphatic heterocycles. The van der Waals surface area contributed by atoms with E-state index >= 15 is 0 Å². The van der Waals surface area contributed by atoms with Crippen LogP contribution in [0.2, 0.25) is 0 Å². The lowest BCUT2D eigenvalue weighted by atomic mass is 10.7. The van der Waals surface area contributed by atoms with Gasteiger partial charge in [-0.3, -0.25) is 5.43 Å². The topological polar surface area (TPSA) is 33.3 Å². The third-order valence-corrected chi connectivity index (χ3v) is 0.671.